The van der Waals surface area contributed by atoms with Gasteiger partial charge in [0.1, 0.15) is 6.17 Å². The molecule has 1 heterocycles. The quantitative estimate of drug-likeness (QED) is 0.877. The average molecular weight is 310 g/mol. The van der Waals surface area contributed by atoms with Crippen LogP contribution in [0.25, 0.3) is 0 Å². The molecule has 2 rings (SSSR count). The Balaban J connectivity index is 2.18. The fourth-order valence-corrected chi connectivity index (χ4v) is 2.77. The van der Waals surface area contributed by atoms with Gasteiger partial charge in [0.15, 0.2) is 0 Å². The number of likely N-dealkylation sites (N-methyl/N-ethyl adjacent to an activating group) is 1. The van der Waals surface area contributed by atoms with E-state index in [4.69, 9.17) is 11.6 Å². The van der Waals surface area contributed by atoms with E-state index in [9.17, 15) is 4.79 Å². The minimum Gasteiger partial charge on any atom is -0.320 e. The maximum Gasteiger partial charge on any atom is 0.241 e. The zero-order valence-corrected chi connectivity index (χ0v) is 13.7. The molecule has 5 heteroatoms. The summed E-state index contributed by atoms with van der Waals surface area (Å²) in [6.07, 6.45) is 1.82. The molecule has 0 radical (unpaired) electrons. The van der Waals surface area contributed by atoms with E-state index in [1.807, 2.05) is 43.3 Å². The standard InChI is InChI=1S/C16H24ClN3O/c1-4-5-14-16(21)20(11-10-19(2)3)15(18-14)12-6-8-13(17)9-7-12/h6-9,14-15,18H,4-5,10-11H2,1-3H3. The van der Waals surface area contributed by atoms with E-state index < -0.39 is 0 Å². The van der Waals surface area contributed by atoms with Crippen LogP contribution in [0.1, 0.15) is 31.5 Å². The largest absolute Gasteiger partial charge is 0.320 e. The number of nitrogens with one attached hydrogen (secondary N) is 1. The van der Waals surface area contributed by atoms with Crippen LogP contribution in [0.5, 0.6) is 0 Å². The third-order valence-electron chi connectivity index (χ3n) is 3.80. The number of carbonyl (C=O) groups is 1. The second-order valence-corrected chi connectivity index (χ2v) is 6.23. The van der Waals surface area contributed by atoms with E-state index >= 15 is 0 Å². The maximum absolute atomic E-state index is 12.6. The Labute approximate surface area is 132 Å². The monoisotopic (exact) mass is 309 g/mol. The lowest BCUT2D eigenvalue weighted by Crippen LogP contribution is -2.36. The molecule has 1 aromatic rings. The first-order valence-electron chi connectivity index (χ1n) is 7.49. The molecule has 1 amide bonds. The summed E-state index contributed by atoms with van der Waals surface area (Å²) in [6, 6.07) is 7.66. The molecule has 1 aliphatic heterocycles. The molecule has 2 atom stereocenters. The lowest BCUT2D eigenvalue weighted by molar-refractivity contribution is -0.130. The van der Waals surface area contributed by atoms with Gasteiger partial charge in [-0.25, -0.2) is 0 Å². The highest BCUT2D eigenvalue weighted by atomic mass is 35.5. The van der Waals surface area contributed by atoms with E-state index in [-0.39, 0.29) is 18.1 Å². The van der Waals surface area contributed by atoms with Gasteiger partial charge in [-0.1, -0.05) is 37.1 Å². The molecule has 0 aromatic heterocycles. The van der Waals surface area contributed by atoms with Crippen molar-refractivity contribution in [2.75, 3.05) is 27.2 Å². The zero-order valence-electron chi connectivity index (χ0n) is 13.0. The predicted molar refractivity (Wildman–Crippen MR) is 86.3 cm³/mol. The van der Waals surface area contributed by atoms with E-state index in [0.29, 0.717) is 5.02 Å². The summed E-state index contributed by atoms with van der Waals surface area (Å²) in [5, 5.41) is 4.18. The van der Waals surface area contributed by atoms with Crippen molar-refractivity contribution in [3.63, 3.8) is 0 Å². The number of rotatable bonds is 6. The van der Waals surface area contributed by atoms with E-state index in [0.717, 1.165) is 31.5 Å². The second-order valence-electron chi connectivity index (χ2n) is 5.80. The predicted octanol–water partition coefficient (Wildman–Crippen LogP) is 2.50. The number of nitrogens with zero attached hydrogens (tertiary/aromatic N) is 2. The number of amides is 1. The number of hydrogen-bond donors (Lipinski definition) is 1. The highest BCUT2D eigenvalue weighted by molar-refractivity contribution is 6.30. The van der Waals surface area contributed by atoms with Gasteiger partial charge in [-0.05, 0) is 38.2 Å². The molecular weight excluding hydrogens is 286 g/mol. The minimum absolute atomic E-state index is 0.0498. The number of halogens is 1. The summed E-state index contributed by atoms with van der Waals surface area (Å²) in [7, 11) is 4.05. The zero-order chi connectivity index (χ0) is 15.4. The van der Waals surface area contributed by atoms with Crippen molar-refractivity contribution >= 4 is 17.5 Å². The molecule has 0 bridgehead atoms. The first-order valence-corrected chi connectivity index (χ1v) is 7.87. The molecule has 21 heavy (non-hydrogen) atoms. The maximum atomic E-state index is 12.6. The molecule has 1 saturated heterocycles. The Morgan fingerprint density at radius 1 is 1.29 bits per heavy atom. The van der Waals surface area contributed by atoms with Crippen LogP contribution in [0.3, 0.4) is 0 Å². The van der Waals surface area contributed by atoms with Gasteiger partial charge in [0.25, 0.3) is 0 Å². The van der Waals surface area contributed by atoms with Gasteiger partial charge in [-0.15, -0.1) is 0 Å². The second kappa shape index (κ2) is 7.25. The smallest absolute Gasteiger partial charge is 0.241 e. The van der Waals surface area contributed by atoms with E-state index in [2.05, 4.69) is 17.1 Å². The molecule has 1 fully saturated rings. The van der Waals surface area contributed by atoms with E-state index in [1.165, 1.54) is 0 Å². The number of carbonyl (C=O) groups excluding carboxylic acids is 1. The summed E-state index contributed by atoms with van der Waals surface area (Å²) in [4.78, 5) is 16.6. The van der Waals surface area contributed by atoms with Gasteiger partial charge >= 0.3 is 0 Å². The third kappa shape index (κ3) is 3.96. The Morgan fingerprint density at radius 3 is 2.52 bits per heavy atom. The molecule has 1 aliphatic rings. The van der Waals surface area contributed by atoms with Crippen LogP contribution in [-0.2, 0) is 4.79 Å². The van der Waals surface area contributed by atoms with Crippen molar-refractivity contribution in [1.29, 1.82) is 0 Å². The molecule has 0 saturated carbocycles. The Kier molecular flexibility index (Phi) is 5.62. The van der Waals surface area contributed by atoms with Crippen LogP contribution >= 0.6 is 11.6 Å². The summed E-state index contributed by atoms with van der Waals surface area (Å²) in [5.74, 6) is 0.207. The van der Waals surface area contributed by atoms with Crippen molar-refractivity contribution < 1.29 is 4.79 Å². The molecule has 1 N–H and O–H groups in total. The summed E-state index contributed by atoms with van der Waals surface area (Å²) < 4.78 is 0. The van der Waals surface area contributed by atoms with Crippen molar-refractivity contribution in [3.05, 3.63) is 34.9 Å². The Hall–Kier alpha value is -1.10. The normalized spacial score (nSPS) is 22.3. The lowest BCUT2D eigenvalue weighted by Gasteiger charge is -2.26. The fraction of sp³-hybridized carbons (Fsp3) is 0.562. The summed E-state index contributed by atoms with van der Waals surface area (Å²) in [5.41, 5.74) is 1.09. The molecule has 0 spiro atoms. The van der Waals surface area contributed by atoms with Crippen LogP contribution in [0.4, 0.5) is 0 Å². The summed E-state index contributed by atoms with van der Waals surface area (Å²) in [6.45, 7) is 3.69. The number of hydrogen-bond acceptors (Lipinski definition) is 3. The van der Waals surface area contributed by atoms with Crippen LogP contribution in [0.15, 0.2) is 24.3 Å². The minimum atomic E-state index is -0.0714. The topological polar surface area (TPSA) is 35.6 Å². The molecular formula is C16H24ClN3O. The average Bonchev–Trinajstić information content (AvgIpc) is 2.75. The highest BCUT2D eigenvalue weighted by Gasteiger charge is 2.38. The van der Waals surface area contributed by atoms with Crippen molar-refractivity contribution in [1.82, 2.24) is 15.1 Å². The molecule has 1 aromatic carbocycles. The van der Waals surface area contributed by atoms with Gasteiger partial charge < -0.3 is 9.80 Å². The Morgan fingerprint density at radius 2 is 1.95 bits per heavy atom. The van der Waals surface area contributed by atoms with Gasteiger partial charge in [0.2, 0.25) is 5.91 Å². The fourth-order valence-electron chi connectivity index (χ4n) is 2.64. The molecule has 116 valence electrons. The van der Waals surface area contributed by atoms with Crippen molar-refractivity contribution in [3.8, 4) is 0 Å². The van der Waals surface area contributed by atoms with Crippen LogP contribution < -0.4 is 5.32 Å². The van der Waals surface area contributed by atoms with E-state index in [1.54, 1.807) is 0 Å². The first-order chi connectivity index (χ1) is 10.0. The van der Waals surface area contributed by atoms with Gasteiger partial charge in [-0.3, -0.25) is 10.1 Å². The van der Waals surface area contributed by atoms with Crippen LogP contribution in [-0.4, -0.2) is 48.9 Å². The molecule has 4 nitrogen and oxygen atoms in total. The molecule has 0 aliphatic carbocycles. The van der Waals surface area contributed by atoms with Gasteiger partial charge in [-0.2, -0.15) is 0 Å². The summed E-state index contributed by atoms with van der Waals surface area (Å²) >= 11 is 5.96. The van der Waals surface area contributed by atoms with Gasteiger partial charge in [0.05, 0.1) is 6.04 Å². The number of benzene rings is 1. The van der Waals surface area contributed by atoms with Crippen molar-refractivity contribution in [2.45, 2.75) is 32.0 Å². The first kappa shape index (κ1) is 16.3. The van der Waals surface area contributed by atoms with Gasteiger partial charge in [0, 0.05) is 18.1 Å². The van der Waals surface area contributed by atoms with Crippen molar-refractivity contribution in [2.24, 2.45) is 0 Å². The Bertz CT molecular complexity index is 475. The molecule has 2 unspecified atom stereocenters. The van der Waals surface area contributed by atoms with Crippen LogP contribution in [0.2, 0.25) is 5.02 Å². The highest BCUT2D eigenvalue weighted by Crippen LogP contribution is 2.27. The lowest BCUT2D eigenvalue weighted by atomic mass is 10.1. The van der Waals surface area contributed by atoms with Crippen LogP contribution in [0, 0.1) is 0 Å². The third-order valence-corrected chi connectivity index (χ3v) is 4.06. The SMILES string of the molecule is CCCC1NC(c2ccc(Cl)cc2)N(CCN(C)C)C1=O.